The Morgan fingerprint density at radius 3 is 2.94 bits per heavy atom. The average molecular weight is 297 g/mol. The Hall–Kier alpha value is -0.710. The van der Waals surface area contributed by atoms with Gasteiger partial charge in [0.25, 0.3) is 0 Å². The molecule has 1 N–H and O–H groups in total. The molecule has 1 atom stereocenters. The van der Waals surface area contributed by atoms with Crippen LogP contribution in [0.2, 0.25) is 0 Å². The third-order valence-electron chi connectivity index (χ3n) is 2.44. The van der Waals surface area contributed by atoms with Crippen molar-refractivity contribution >= 4 is 27.3 Å². The van der Waals surface area contributed by atoms with E-state index in [-0.39, 0.29) is 0 Å². The molecule has 4 heteroatoms. The molecule has 84 valence electrons. The zero-order valence-corrected chi connectivity index (χ0v) is 11.4. The molecular formula is C12H13BrN2S. The van der Waals surface area contributed by atoms with E-state index in [1.54, 1.807) is 11.3 Å². The van der Waals surface area contributed by atoms with Crippen molar-refractivity contribution in [1.82, 2.24) is 10.3 Å². The highest BCUT2D eigenvalue weighted by molar-refractivity contribution is 9.10. The average Bonchev–Trinajstić information content (AvgIpc) is 2.79. The summed E-state index contributed by atoms with van der Waals surface area (Å²) in [6.07, 6.45) is 1.91. The van der Waals surface area contributed by atoms with E-state index in [4.69, 9.17) is 0 Å². The normalized spacial score (nSPS) is 12.6. The molecular weight excluding hydrogens is 284 g/mol. The number of rotatable bonds is 4. The second-order valence-corrected chi connectivity index (χ2v) is 5.42. The van der Waals surface area contributed by atoms with E-state index < -0.39 is 0 Å². The maximum Gasteiger partial charge on any atom is 0.0794 e. The highest BCUT2D eigenvalue weighted by atomic mass is 79.9. The number of aromatic nitrogens is 1. The minimum absolute atomic E-state index is 0.331. The summed E-state index contributed by atoms with van der Waals surface area (Å²) in [6.45, 7) is 3.04. The van der Waals surface area contributed by atoms with Crippen LogP contribution in [0, 0.1) is 0 Å². The van der Waals surface area contributed by atoms with Crippen LogP contribution in [0.5, 0.6) is 0 Å². The molecule has 0 unspecified atom stereocenters. The third kappa shape index (κ3) is 2.90. The standard InChI is InChI=1S/C12H13BrN2S/c1-9(11-4-2-3-5-12(11)13)15-7-10-6-14-8-16-10/h2-6,8-9,15H,7H2,1H3/t9-/m0/s1. The summed E-state index contributed by atoms with van der Waals surface area (Å²) in [5.74, 6) is 0. The molecule has 0 bridgehead atoms. The number of hydrogen-bond donors (Lipinski definition) is 1. The first-order chi connectivity index (χ1) is 7.77. The van der Waals surface area contributed by atoms with Crippen molar-refractivity contribution in [2.75, 3.05) is 0 Å². The summed E-state index contributed by atoms with van der Waals surface area (Å²) >= 11 is 5.24. The fraction of sp³-hybridized carbons (Fsp3) is 0.250. The largest absolute Gasteiger partial charge is 0.305 e. The second kappa shape index (κ2) is 5.57. The van der Waals surface area contributed by atoms with E-state index in [1.165, 1.54) is 10.4 Å². The quantitative estimate of drug-likeness (QED) is 0.929. The zero-order valence-electron chi connectivity index (χ0n) is 8.98. The Labute approximate surface area is 108 Å². The van der Waals surface area contributed by atoms with Gasteiger partial charge in [-0.1, -0.05) is 34.1 Å². The lowest BCUT2D eigenvalue weighted by Gasteiger charge is -2.14. The van der Waals surface area contributed by atoms with Gasteiger partial charge in [-0.05, 0) is 18.6 Å². The molecule has 1 aromatic heterocycles. The number of hydrogen-bond acceptors (Lipinski definition) is 3. The second-order valence-electron chi connectivity index (χ2n) is 3.59. The Bertz CT molecular complexity index is 442. The van der Waals surface area contributed by atoms with E-state index in [1.807, 2.05) is 17.8 Å². The van der Waals surface area contributed by atoms with Gasteiger partial charge in [0.1, 0.15) is 0 Å². The first-order valence-corrected chi connectivity index (χ1v) is 6.80. The number of nitrogens with zero attached hydrogens (tertiary/aromatic N) is 1. The van der Waals surface area contributed by atoms with Crippen molar-refractivity contribution in [2.45, 2.75) is 19.5 Å². The molecule has 0 aliphatic rings. The van der Waals surface area contributed by atoms with E-state index in [2.05, 4.69) is 51.4 Å². The molecule has 0 radical (unpaired) electrons. The van der Waals surface area contributed by atoms with Gasteiger partial charge in [0.05, 0.1) is 5.51 Å². The van der Waals surface area contributed by atoms with E-state index >= 15 is 0 Å². The number of benzene rings is 1. The van der Waals surface area contributed by atoms with Crippen LogP contribution in [0.4, 0.5) is 0 Å². The smallest absolute Gasteiger partial charge is 0.0794 e. The van der Waals surface area contributed by atoms with E-state index in [0.29, 0.717) is 6.04 Å². The molecule has 1 aromatic carbocycles. The lowest BCUT2D eigenvalue weighted by atomic mass is 10.1. The van der Waals surface area contributed by atoms with Gasteiger partial charge in [0, 0.05) is 28.1 Å². The summed E-state index contributed by atoms with van der Waals surface area (Å²) in [7, 11) is 0. The molecule has 1 heterocycles. The van der Waals surface area contributed by atoms with E-state index in [9.17, 15) is 0 Å². The van der Waals surface area contributed by atoms with Crippen LogP contribution in [-0.2, 0) is 6.54 Å². The molecule has 2 aromatic rings. The molecule has 2 nitrogen and oxygen atoms in total. The van der Waals surface area contributed by atoms with Gasteiger partial charge in [-0.3, -0.25) is 4.98 Å². The first kappa shape index (κ1) is 11.8. The highest BCUT2D eigenvalue weighted by Gasteiger charge is 2.08. The van der Waals surface area contributed by atoms with Gasteiger partial charge in [0.15, 0.2) is 0 Å². The van der Waals surface area contributed by atoms with Gasteiger partial charge >= 0.3 is 0 Å². The van der Waals surface area contributed by atoms with Gasteiger partial charge in [-0.2, -0.15) is 0 Å². The van der Waals surface area contributed by atoms with Gasteiger partial charge in [-0.25, -0.2) is 0 Å². The van der Waals surface area contributed by atoms with Crippen LogP contribution in [0.3, 0.4) is 0 Å². The predicted octanol–water partition coefficient (Wildman–Crippen LogP) is 3.76. The molecule has 0 aliphatic carbocycles. The van der Waals surface area contributed by atoms with Crippen LogP contribution in [0.15, 0.2) is 40.4 Å². The maximum absolute atomic E-state index is 4.06. The molecule has 0 fully saturated rings. The van der Waals surface area contributed by atoms with Gasteiger partial charge in [-0.15, -0.1) is 11.3 Å². The predicted molar refractivity (Wildman–Crippen MR) is 71.5 cm³/mol. The van der Waals surface area contributed by atoms with Crippen molar-refractivity contribution in [3.05, 3.63) is 50.9 Å². The number of nitrogens with one attached hydrogen (secondary N) is 1. The van der Waals surface area contributed by atoms with Crippen LogP contribution in [-0.4, -0.2) is 4.98 Å². The van der Waals surface area contributed by atoms with Gasteiger partial charge in [0.2, 0.25) is 0 Å². The summed E-state index contributed by atoms with van der Waals surface area (Å²) in [5.41, 5.74) is 3.15. The Morgan fingerprint density at radius 1 is 1.44 bits per heavy atom. The van der Waals surface area contributed by atoms with Crippen LogP contribution in [0.1, 0.15) is 23.4 Å². The van der Waals surface area contributed by atoms with Crippen molar-refractivity contribution in [3.8, 4) is 0 Å². The summed E-state index contributed by atoms with van der Waals surface area (Å²) in [6, 6.07) is 8.63. The van der Waals surface area contributed by atoms with Gasteiger partial charge < -0.3 is 5.32 Å². The maximum atomic E-state index is 4.06. The molecule has 2 rings (SSSR count). The number of halogens is 1. The minimum atomic E-state index is 0.331. The van der Waals surface area contributed by atoms with Crippen molar-refractivity contribution < 1.29 is 0 Å². The Morgan fingerprint density at radius 2 is 2.25 bits per heavy atom. The molecule has 16 heavy (non-hydrogen) atoms. The molecule has 0 spiro atoms. The molecule has 0 amide bonds. The molecule has 0 aliphatic heterocycles. The van der Waals surface area contributed by atoms with Crippen LogP contribution < -0.4 is 5.32 Å². The fourth-order valence-corrected chi connectivity index (χ4v) is 2.69. The van der Waals surface area contributed by atoms with Crippen LogP contribution >= 0.6 is 27.3 Å². The van der Waals surface area contributed by atoms with E-state index in [0.717, 1.165) is 11.0 Å². The molecule has 0 saturated heterocycles. The monoisotopic (exact) mass is 296 g/mol. The summed E-state index contributed by atoms with van der Waals surface area (Å²) in [5, 5.41) is 3.48. The Balaban J connectivity index is 1.98. The lowest BCUT2D eigenvalue weighted by molar-refractivity contribution is 0.576. The highest BCUT2D eigenvalue weighted by Crippen LogP contribution is 2.23. The lowest BCUT2D eigenvalue weighted by Crippen LogP contribution is -2.17. The SMILES string of the molecule is C[C@H](NCc1cncs1)c1ccccc1Br. The summed E-state index contributed by atoms with van der Waals surface area (Å²) < 4.78 is 1.15. The van der Waals surface area contributed by atoms with Crippen molar-refractivity contribution in [3.63, 3.8) is 0 Å². The van der Waals surface area contributed by atoms with Crippen molar-refractivity contribution in [1.29, 1.82) is 0 Å². The Kier molecular flexibility index (Phi) is 4.09. The zero-order chi connectivity index (χ0) is 11.4. The minimum Gasteiger partial charge on any atom is -0.305 e. The number of thiazole rings is 1. The first-order valence-electron chi connectivity index (χ1n) is 5.12. The fourth-order valence-electron chi connectivity index (χ4n) is 1.52. The molecule has 0 saturated carbocycles. The summed E-state index contributed by atoms with van der Waals surface area (Å²) in [4.78, 5) is 5.32. The third-order valence-corrected chi connectivity index (χ3v) is 3.94. The van der Waals surface area contributed by atoms with Crippen molar-refractivity contribution in [2.24, 2.45) is 0 Å². The van der Waals surface area contributed by atoms with Crippen LogP contribution in [0.25, 0.3) is 0 Å². The topological polar surface area (TPSA) is 24.9 Å².